The molecule has 2 aromatic carbocycles. The molecule has 124 valence electrons. The number of esters is 1. The van der Waals surface area contributed by atoms with E-state index < -0.39 is 23.8 Å². The van der Waals surface area contributed by atoms with E-state index >= 15 is 0 Å². The molecule has 2 aromatic rings. The van der Waals surface area contributed by atoms with Crippen molar-refractivity contribution in [3.8, 4) is 0 Å². The molecule has 0 spiro atoms. The molecule has 0 bridgehead atoms. The van der Waals surface area contributed by atoms with Gasteiger partial charge in [-0.05, 0) is 29.8 Å². The first-order chi connectivity index (χ1) is 11.5. The highest BCUT2D eigenvalue weighted by molar-refractivity contribution is 6.30. The fraction of sp³-hybridized carbons (Fsp3) is 0.167. The number of hydrogen-bond acceptors (Lipinski definition) is 4. The third-order valence-electron chi connectivity index (χ3n) is 3.20. The van der Waals surface area contributed by atoms with E-state index in [4.69, 9.17) is 16.3 Å². The molecule has 1 amide bonds. The highest BCUT2D eigenvalue weighted by Crippen LogP contribution is 2.13. The number of amides is 1. The molecule has 0 heterocycles. The van der Waals surface area contributed by atoms with Gasteiger partial charge in [0.1, 0.15) is 0 Å². The highest BCUT2D eigenvalue weighted by atomic mass is 35.5. The van der Waals surface area contributed by atoms with E-state index in [1.165, 1.54) is 24.3 Å². The van der Waals surface area contributed by atoms with Crippen LogP contribution in [0.25, 0.3) is 0 Å². The van der Waals surface area contributed by atoms with Gasteiger partial charge >= 0.3 is 5.97 Å². The Balaban J connectivity index is 2.11. The molecule has 0 saturated carbocycles. The maximum absolute atomic E-state index is 12.5. The zero-order chi connectivity index (χ0) is 17.5. The van der Waals surface area contributed by atoms with Crippen LogP contribution in [0.5, 0.6) is 0 Å². The molecule has 2 rings (SSSR count). The Kier molecular flexibility index (Phi) is 6.09. The number of Topliss-reactive ketones (excluding diaryl/α,β-unsaturated/α-hetero) is 1. The molecule has 1 atom stereocenters. The molecule has 0 radical (unpaired) electrons. The molecule has 0 saturated heterocycles. The number of carbonyl (C=O) groups is 3. The second-order valence-electron chi connectivity index (χ2n) is 5.06. The van der Waals surface area contributed by atoms with E-state index in [1.807, 2.05) is 30.3 Å². The van der Waals surface area contributed by atoms with Gasteiger partial charge in [0.15, 0.2) is 0 Å². The number of hydrogen-bond donors (Lipinski definition) is 1. The molecule has 6 heteroatoms. The van der Waals surface area contributed by atoms with Crippen LogP contribution in [-0.4, -0.2) is 23.8 Å². The quantitative estimate of drug-likeness (QED) is 0.496. The molecule has 24 heavy (non-hydrogen) atoms. The largest absolute Gasteiger partial charge is 0.444 e. The first kappa shape index (κ1) is 17.7. The third-order valence-corrected chi connectivity index (χ3v) is 3.45. The predicted octanol–water partition coefficient (Wildman–Crippen LogP) is 2.77. The third kappa shape index (κ3) is 4.93. The van der Waals surface area contributed by atoms with Gasteiger partial charge in [0.2, 0.25) is 11.9 Å². The second-order valence-corrected chi connectivity index (χ2v) is 5.50. The smallest absolute Gasteiger partial charge is 0.303 e. The maximum atomic E-state index is 12.5. The summed E-state index contributed by atoms with van der Waals surface area (Å²) in [4.78, 5) is 36.0. The number of ketones is 1. The van der Waals surface area contributed by atoms with Crippen molar-refractivity contribution in [2.45, 2.75) is 19.6 Å². The molecular formula is C18H16ClNO4. The van der Waals surface area contributed by atoms with Gasteiger partial charge in [-0.1, -0.05) is 41.9 Å². The first-order valence-electron chi connectivity index (χ1n) is 7.26. The molecule has 0 aliphatic carbocycles. The van der Waals surface area contributed by atoms with Crippen LogP contribution in [0, 0.1) is 0 Å². The van der Waals surface area contributed by atoms with Crippen LogP contribution in [-0.2, 0) is 20.9 Å². The summed E-state index contributed by atoms with van der Waals surface area (Å²) in [5.41, 5.74) is 1.10. The maximum Gasteiger partial charge on any atom is 0.303 e. The molecular weight excluding hydrogens is 330 g/mol. The molecule has 1 unspecified atom stereocenters. The van der Waals surface area contributed by atoms with Crippen LogP contribution in [0.3, 0.4) is 0 Å². The summed E-state index contributed by atoms with van der Waals surface area (Å²) in [6.45, 7) is 1.37. The molecule has 0 fully saturated rings. The lowest BCUT2D eigenvalue weighted by atomic mass is 10.1. The first-order valence-corrected chi connectivity index (χ1v) is 7.64. The Bertz CT molecular complexity index is 728. The molecule has 0 aliphatic rings. The minimum atomic E-state index is -1.53. The Morgan fingerprint density at radius 1 is 1.04 bits per heavy atom. The Morgan fingerprint density at radius 3 is 2.25 bits per heavy atom. The van der Waals surface area contributed by atoms with Crippen LogP contribution in [0.2, 0.25) is 5.02 Å². The molecule has 0 aromatic heterocycles. The van der Waals surface area contributed by atoms with E-state index in [1.54, 1.807) is 0 Å². The zero-order valence-electron chi connectivity index (χ0n) is 13.0. The van der Waals surface area contributed by atoms with Crippen molar-refractivity contribution < 1.29 is 19.1 Å². The van der Waals surface area contributed by atoms with Crippen molar-refractivity contribution in [1.29, 1.82) is 0 Å². The van der Waals surface area contributed by atoms with Gasteiger partial charge in [0, 0.05) is 24.1 Å². The summed E-state index contributed by atoms with van der Waals surface area (Å²) in [6.07, 6.45) is -1.53. The van der Waals surface area contributed by atoms with E-state index in [0.29, 0.717) is 5.02 Å². The van der Waals surface area contributed by atoms with E-state index in [-0.39, 0.29) is 12.1 Å². The topological polar surface area (TPSA) is 72.5 Å². The summed E-state index contributed by atoms with van der Waals surface area (Å²) in [5.74, 6) is -1.99. The molecule has 5 nitrogen and oxygen atoms in total. The lowest BCUT2D eigenvalue weighted by Crippen LogP contribution is -2.42. The van der Waals surface area contributed by atoms with Gasteiger partial charge in [0.25, 0.3) is 5.91 Å². The SMILES string of the molecule is CC(=O)OC(C(=O)NCc1ccccc1)C(=O)c1ccc(Cl)cc1. The predicted molar refractivity (Wildman–Crippen MR) is 89.6 cm³/mol. The lowest BCUT2D eigenvalue weighted by molar-refractivity contribution is -0.151. The van der Waals surface area contributed by atoms with Crippen molar-refractivity contribution in [1.82, 2.24) is 5.32 Å². The normalized spacial score (nSPS) is 11.4. The summed E-state index contributed by atoms with van der Waals surface area (Å²) >= 11 is 5.78. The highest BCUT2D eigenvalue weighted by Gasteiger charge is 2.30. The standard InChI is InChI=1S/C18H16ClNO4/c1-12(21)24-17(16(22)14-7-9-15(19)10-8-14)18(23)20-11-13-5-3-2-4-6-13/h2-10,17H,11H2,1H3,(H,20,23). The van der Waals surface area contributed by atoms with Crippen molar-refractivity contribution >= 4 is 29.3 Å². The van der Waals surface area contributed by atoms with Gasteiger partial charge in [0.05, 0.1) is 0 Å². The van der Waals surface area contributed by atoms with Gasteiger partial charge in [-0.2, -0.15) is 0 Å². The van der Waals surface area contributed by atoms with Gasteiger partial charge < -0.3 is 10.1 Å². The number of ether oxygens (including phenoxy) is 1. The fourth-order valence-electron chi connectivity index (χ4n) is 2.04. The Labute approximate surface area is 144 Å². The number of halogens is 1. The summed E-state index contributed by atoms with van der Waals surface area (Å²) in [6, 6.07) is 15.2. The fourth-order valence-corrected chi connectivity index (χ4v) is 2.16. The summed E-state index contributed by atoms with van der Waals surface area (Å²) in [7, 11) is 0. The number of benzene rings is 2. The van der Waals surface area contributed by atoms with Crippen LogP contribution < -0.4 is 5.32 Å². The minimum absolute atomic E-state index is 0.228. The Morgan fingerprint density at radius 2 is 1.67 bits per heavy atom. The zero-order valence-corrected chi connectivity index (χ0v) is 13.7. The minimum Gasteiger partial charge on any atom is -0.444 e. The van der Waals surface area contributed by atoms with Crippen LogP contribution >= 0.6 is 11.6 Å². The van der Waals surface area contributed by atoms with Crippen molar-refractivity contribution in [2.75, 3.05) is 0 Å². The summed E-state index contributed by atoms with van der Waals surface area (Å²) < 4.78 is 4.91. The number of rotatable bonds is 6. The van der Waals surface area contributed by atoms with E-state index in [2.05, 4.69) is 5.32 Å². The van der Waals surface area contributed by atoms with Crippen LogP contribution in [0.15, 0.2) is 54.6 Å². The second kappa shape index (κ2) is 8.26. The molecule has 0 aliphatic heterocycles. The van der Waals surface area contributed by atoms with Gasteiger partial charge in [-0.15, -0.1) is 0 Å². The Hall–Kier alpha value is -2.66. The van der Waals surface area contributed by atoms with Crippen molar-refractivity contribution in [3.05, 3.63) is 70.7 Å². The van der Waals surface area contributed by atoms with Crippen molar-refractivity contribution in [3.63, 3.8) is 0 Å². The lowest BCUT2D eigenvalue weighted by Gasteiger charge is -2.16. The van der Waals surface area contributed by atoms with Gasteiger partial charge in [-0.25, -0.2) is 0 Å². The number of carbonyl (C=O) groups excluding carboxylic acids is 3. The monoisotopic (exact) mass is 345 g/mol. The number of nitrogens with one attached hydrogen (secondary N) is 1. The summed E-state index contributed by atoms with van der Waals surface area (Å²) in [5, 5.41) is 3.07. The average molecular weight is 346 g/mol. The molecule has 1 N–H and O–H groups in total. The van der Waals surface area contributed by atoms with Crippen LogP contribution in [0.4, 0.5) is 0 Å². The van der Waals surface area contributed by atoms with E-state index in [0.717, 1.165) is 12.5 Å². The average Bonchev–Trinajstić information content (AvgIpc) is 2.58. The van der Waals surface area contributed by atoms with E-state index in [9.17, 15) is 14.4 Å². The van der Waals surface area contributed by atoms with Gasteiger partial charge in [-0.3, -0.25) is 14.4 Å². The van der Waals surface area contributed by atoms with Crippen LogP contribution in [0.1, 0.15) is 22.8 Å². The van der Waals surface area contributed by atoms with Crippen molar-refractivity contribution in [2.24, 2.45) is 0 Å².